The summed E-state index contributed by atoms with van der Waals surface area (Å²) in [4.78, 5) is 11.1. The number of aryl methyl sites for hydroxylation is 1. The second kappa shape index (κ2) is 5.90. The molecule has 1 aromatic rings. The Kier molecular flexibility index (Phi) is 4.51. The molecule has 4 heteroatoms. The molecule has 0 saturated carbocycles. The van der Waals surface area contributed by atoms with Crippen molar-refractivity contribution in [3.63, 3.8) is 0 Å². The lowest BCUT2D eigenvalue weighted by atomic mass is 10.3. The van der Waals surface area contributed by atoms with Gasteiger partial charge in [0, 0.05) is 12.0 Å². The number of imidazole rings is 1. The number of rotatable bonds is 6. The minimum Gasteiger partial charge on any atom is -0.462 e. The minimum absolute atomic E-state index is 0.325. The van der Waals surface area contributed by atoms with Gasteiger partial charge in [-0.05, 0) is 6.92 Å². The summed E-state index contributed by atoms with van der Waals surface area (Å²) in [7, 11) is 0. The lowest BCUT2D eigenvalue weighted by molar-refractivity contribution is -0.696. The Balaban J connectivity index is 2.23. The molecule has 0 saturated heterocycles. The first-order valence-electron chi connectivity index (χ1n) is 5.15. The molecule has 0 aliphatic rings. The van der Waals surface area contributed by atoms with Crippen molar-refractivity contribution < 1.29 is 14.1 Å². The Morgan fingerprint density at radius 3 is 2.94 bits per heavy atom. The number of hydrogen-bond acceptors (Lipinski definition) is 2. The van der Waals surface area contributed by atoms with Gasteiger partial charge in [0.25, 0.3) is 0 Å². The molecule has 0 atom stereocenters. The van der Waals surface area contributed by atoms with Gasteiger partial charge in [0.2, 0.25) is 6.33 Å². The van der Waals surface area contributed by atoms with Crippen molar-refractivity contribution >= 4 is 12.2 Å². The molecule has 0 bridgehead atoms. The third-order valence-electron chi connectivity index (χ3n) is 2.07. The highest BCUT2D eigenvalue weighted by Crippen LogP contribution is 1.93. The standard InChI is InChI=1S/C12H17N2O2/c1-4-13-7-8-14(10-13)6-5-9-16-12(15)11(2)3/h4,7-8,10H,1-2,5-6,9H2,3H3/q+1. The lowest BCUT2D eigenvalue weighted by Gasteiger charge is -2.02. The Labute approximate surface area is 95.5 Å². The zero-order valence-corrected chi connectivity index (χ0v) is 9.56. The van der Waals surface area contributed by atoms with Crippen LogP contribution in [0.3, 0.4) is 0 Å². The molecule has 0 radical (unpaired) electrons. The molecule has 1 heterocycles. The van der Waals surface area contributed by atoms with Gasteiger partial charge in [-0.25, -0.2) is 13.9 Å². The first-order valence-corrected chi connectivity index (χ1v) is 5.15. The monoisotopic (exact) mass is 221 g/mol. The van der Waals surface area contributed by atoms with E-state index in [-0.39, 0.29) is 5.97 Å². The third-order valence-corrected chi connectivity index (χ3v) is 2.07. The predicted molar refractivity (Wildman–Crippen MR) is 61.4 cm³/mol. The maximum atomic E-state index is 11.1. The van der Waals surface area contributed by atoms with E-state index < -0.39 is 0 Å². The lowest BCUT2D eigenvalue weighted by Crippen LogP contribution is -2.31. The van der Waals surface area contributed by atoms with Crippen LogP contribution in [0.4, 0.5) is 0 Å². The number of carbonyl (C=O) groups excluding carboxylic acids is 1. The summed E-state index contributed by atoms with van der Waals surface area (Å²) in [5.74, 6) is -0.325. The van der Waals surface area contributed by atoms with Gasteiger partial charge in [0.05, 0.1) is 19.4 Å². The zero-order chi connectivity index (χ0) is 12.0. The van der Waals surface area contributed by atoms with Crippen LogP contribution in [0.15, 0.2) is 37.5 Å². The van der Waals surface area contributed by atoms with Crippen molar-refractivity contribution in [1.82, 2.24) is 4.57 Å². The van der Waals surface area contributed by atoms with Crippen LogP contribution in [0.25, 0.3) is 6.20 Å². The van der Waals surface area contributed by atoms with Crippen LogP contribution in [0, 0.1) is 0 Å². The van der Waals surface area contributed by atoms with Crippen LogP contribution < -0.4 is 4.57 Å². The van der Waals surface area contributed by atoms with E-state index in [1.165, 1.54) is 0 Å². The summed E-state index contributed by atoms with van der Waals surface area (Å²) in [6.07, 6.45) is 8.28. The highest BCUT2D eigenvalue weighted by atomic mass is 16.5. The number of esters is 1. The van der Waals surface area contributed by atoms with Crippen LogP contribution in [0.5, 0.6) is 0 Å². The highest BCUT2D eigenvalue weighted by Gasteiger charge is 2.04. The van der Waals surface area contributed by atoms with E-state index in [1.807, 2.05) is 27.9 Å². The summed E-state index contributed by atoms with van der Waals surface area (Å²) < 4.78 is 8.85. The molecule has 1 rings (SSSR count). The van der Waals surface area contributed by atoms with Crippen LogP contribution in [-0.4, -0.2) is 17.1 Å². The molecule has 4 nitrogen and oxygen atoms in total. The summed E-state index contributed by atoms with van der Waals surface area (Å²) in [5, 5.41) is 0. The van der Waals surface area contributed by atoms with Gasteiger partial charge in [-0.1, -0.05) is 13.2 Å². The van der Waals surface area contributed by atoms with E-state index in [4.69, 9.17) is 4.74 Å². The van der Waals surface area contributed by atoms with Crippen molar-refractivity contribution in [2.45, 2.75) is 19.9 Å². The van der Waals surface area contributed by atoms with Crippen LogP contribution in [0.1, 0.15) is 13.3 Å². The SMILES string of the molecule is C=Cn1cc[n+](CCCOC(=O)C(=C)C)c1. The van der Waals surface area contributed by atoms with E-state index in [0.29, 0.717) is 12.2 Å². The van der Waals surface area contributed by atoms with Gasteiger partial charge in [-0.2, -0.15) is 0 Å². The zero-order valence-electron chi connectivity index (χ0n) is 9.56. The van der Waals surface area contributed by atoms with Crippen molar-refractivity contribution in [2.24, 2.45) is 0 Å². The Bertz CT molecular complexity index is 393. The average Bonchev–Trinajstić information content (AvgIpc) is 2.71. The number of nitrogens with zero attached hydrogens (tertiary/aromatic N) is 2. The average molecular weight is 221 g/mol. The fourth-order valence-electron chi connectivity index (χ4n) is 1.19. The minimum atomic E-state index is -0.325. The number of ether oxygens (including phenoxy) is 1. The van der Waals surface area contributed by atoms with E-state index >= 15 is 0 Å². The van der Waals surface area contributed by atoms with Crippen LogP contribution >= 0.6 is 0 Å². The van der Waals surface area contributed by atoms with Gasteiger partial charge in [-0.15, -0.1) is 0 Å². The summed E-state index contributed by atoms with van der Waals surface area (Å²) in [6.45, 7) is 10.0. The molecule has 0 amide bonds. The molecule has 0 aliphatic heterocycles. The second-order valence-electron chi connectivity index (χ2n) is 3.55. The fraction of sp³-hybridized carbons (Fsp3) is 0.333. The summed E-state index contributed by atoms with van der Waals surface area (Å²) in [6, 6.07) is 0. The molecule has 16 heavy (non-hydrogen) atoms. The van der Waals surface area contributed by atoms with Crippen LogP contribution in [-0.2, 0) is 16.1 Å². The third kappa shape index (κ3) is 3.73. The van der Waals surface area contributed by atoms with Crippen molar-refractivity contribution in [3.05, 3.63) is 37.5 Å². The van der Waals surface area contributed by atoms with Crippen molar-refractivity contribution in [3.8, 4) is 0 Å². The smallest absolute Gasteiger partial charge is 0.333 e. The van der Waals surface area contributed by atoms with Crippen molar-refractivity contribution in [1.29, 1.82) is 0 Å². The topological polar surface area (TPSA) is 35.1 Å². The van der Waals surface area contributed by atoms with E-state index in [9.17, 15) is 4.79 Å². The van der Waals surface area contributed by atoms with Gasteiger partial charge < -0.3 is 4.74 Å². The second-order valence-corrected chi connectivity index (χ2v) is 3.55. The first kappa shape index (κ1) is 12.2. The van der Waals surface area contributed by atoms with E-state index in [1.54, 1.807) is 13.1 Å². The van der Waals surface area contributed by atoms with E-state index in [2.05, 4.69) is 13.2 Å². The van der Waals surface area contributed by atoms with Gasteiger partial charge >= 0.3 is 5.97 Å². The Morgan fingerprint density at radius 1 is 1.62 bits per heavy atom. The molecular formula is C12H17N2O2+. The van der Waals surface area contributed by atoms with Crippen LogP contribution in [0.2, 0.25) is 0 Å². The Hall–Kier alpha value is -1.84. The fourth-order valence-corrected chi connectivity index (χ4v) is 1.19. The quantitative estimate of drug-likeness (QED) is 0.315. The van der Waals surface area contributed by atoms with Gasteiger partial charge in [-0.3, -0.25) is 0 Å². The molecular weight excluding hydrogens is 204 g/mol. The largest absolute Gasteiger partial charge is 0.462 e. The molecule has 1 aromatic heterocycles. The molecule has 0 aromatic carbocycles. The Morgan fingerprint density at radius 2 is 2.38 bits per heavy atom. The number of carbonyl (C=O) groups is 1. The molecule has 0 aliphatic carbocycles. The van der Waals surface area contributed by atoms with Gasteiger partial charge in [0.1, 0.15) is 12.4 Å². The highest BCUT2D eigenvalue weighted by molar-refractivity contribution is 5.86. The molecule has 86 valence electrons. The molecule has 0 fully saturated rings. The predicted octanol–water partition coefficient (Wildman–Crippen LogP) is 1.39. The molecule has 0 unspecified atom stereocenters. The van der Waals surface area contributed by atoms with E-state index in [0.717, 1.165) is 13.0 Å². The molecule has 0 N–H and O–H groups in total. The summed E-state index contributed by atoms with van der Waals surface area (Å²) >= 11 is 0. The normalized spacial score (nSPS) is 9.81. The number of hydrogen-bond donors (Lipinski definition) is 0. The number of aromatic nitrogens is 2. The van der Waals surface area contributed by atoms with Crippen molar-refractivity contribution in [2.75, 3.05) is 6.61 Å². The summed E-state index contributed by atoms with van der Waals surface area (Å²) in [5.41, 5.74) is 0.436. The maximum absolute atomic E-state index is 11.1. The molecule has 0 spiro atoms. The first-order chi connectivity index (χ1) is 7.63. The van der Waals surface area contributed by atoms with Gasteiger partial charge in [0.15, 0.2) is 0 Å². The maximum Gasteiger partial charge on any atom is 0.333 e.